The van der Waals surface area contributed by atoms with Gasteiger partial charge in [0.25, 0.3) is 0 Å². The van der Waals surface area contributed by atoms with E-state index in [2.05, 4.69) is 15.6 Å². The van der Waals surface area contributed by atoms with Crippen LogP contribution < -0.4 is 15.4 Å². The fourth-order valence-corrected chi connectivity index (χ4v) is 2.85. The maximum absolute atomic E-state index is 14.1. The molecule has 1 saturated heterocycles. The second-order valence-corrected chi connectivity index (χ2v) is 6.20. The van der Waals surface area contributed by atoms with E-state index in [4.69, 9.17) is 4.74 Å². The van der Waals surface area contributed by atoms with Crippen molar-refractivity contribution in [3.05, 3.63) is 54.1 Å². The smallest absolute Gasteiger partial charge is 0.224 e. The number of ether oxygens (including phenoxy) is 1. The van der Waals surface area contributed by atoms with Crippen LogP contribution in [0.15, 0.2) is 42.6 Å². The van der Waals surface area contributed by atoms with Gasteiger partial charge in [0.15, 0.2) is 11.6 Å². The predicted octanol–water partition coefficient (Wildman–Crippen LogP) is 3.13. The molecule has 3 rings (SSSR count). The molecule has 1 atom stereocenters. The van der Waals surface area contributed by atoms with Gasteiger partial charge < -0.3 is 15.4 Å². The van der Waals surface area contributed by atoms with Crippen molar-refractivity contribution in [2.75, 3.05) is 18.4 Å². The first kappa shape index (κ1) is 17.4. The first-order valence-corrected chi connectivity index (χ1v) is 8.53. The molecule has 1 fully saturated rings. The van der Waals surface area contributed by atoms with Gasteiger partial charge in [0.05, 0.1) is 5.69 Å². The Hall–Kier alpha value is -2.47. The maximum Gasteiger partial charge on any atom is 0.224 e. The van der Waals surface area contributed by atoms with E-state index in [0.717, 1.165) is 31.6 Å². The lowest BCUT2D eigenvalue weighted by molar-refractivity contribution is -0.116. The van der Waals surface area contributed by atoms with Crippen molar-refractivity contribution in [1.29, 1.82) is 0 Å². The minimum absolute atomic E-state index is 0.0894. The van der Waals surface area contributed by atoms with Crippen LogP contribution in [0.25, 0.3) is 0 Å². The van der Waals surface area contributed by atoms with Crippen molar-refractivity contribution >= 4 is 11.6 Å². The summed E-state index contributed by atoms with van der Waals surface area (Å²) in [6.07, 6.45) is 4.08. The summed E-state index contributed by atoms with van der Waals surface area (Å²) >= 11 is 0. The van der Waals surface area contributed by atoms with Crippen molar-refractivity contribution in [3.63, 3.8) is 0 Å². The molecule has 0 radical (unpaired) electrons. The average molecular weight is 343 g/mol. The Labute approximate surface area is 146 Å². The van der Waals surface area contributed by atoms with Crippen LogP contribution in [0.3, 0.4) is 0 Å². The van der Waals surface area contributed by atoms with E-state index >= 15 is 0 Å². The van der Waals surface area contributed by atoms with Crippen LogP contribution in [0, 0.1) is 11.7 Å². The van der Waals surface area contributed by atoms with Gasteiger partial charge in [-0.1, -0.05) is 6.07 Å². The van der Waals surface area contributed by atoms with E-state index in [1.54, 1.807) is 12.3 Å². The first-order valence-electron chi connectivity index (χ1n) is 8.53. The fraction of sp³-hybridized carbons (Fsp3) is 0.368. The van der Waals surface area contributed by atoms with Crippen LogP contribution in [0.4, 0.5) is 10.1 Å². The molecule has 1 aromatic carbocycles. The molecule has 2 heterocycles. The molecule has 0 bridgehead atoms. The molecule has 1 unspecified atom stereocenters. The van der Waals surface area contributed by atoms with Crippen molar-refractivity contribution in [2.24, 2.45) is 5.92 Å². The highest BCUT2D eigenvalue weighted by Gasteiger charge is 2.16. The number of amides is 1. The molecule has 1 aromatic heterocycles. The molecular formula is C19H22FN3O2. The van der Waals surface area contributed by atoms with Gasteiger partial charge in [-0.3, -0.25) is 9.78 Å². The standard InChI is InChI=1S/C19H22FN3O2/c20-17-11-15(23-19(24)7-4-14-8-10-21-12-14)5-6-18(17)25-13-16-3-1-2-9-22-16/h1-3,5-6,9,11,14,21H,4,7-8,10,12-13H2,(H,23,24). The zero-order valence-electron chi connectivity index (χ0n) is 14.0. The highest BCUT2D eigenvalue weighted by molar-refractivity contribution is 5.90. The lowest BCUT2D eigenvalue weighted by Gasteiger charge is -2.11. The number of rotatable bonds is 7. The van der Waals surface area contributed by atoms with Gasteiger partial charge in [0.1, 0.15) is 6.61 Å². The highest BCUT2D eigenvalue weighted by Crippen LogP contribution is 2.22. The van der Waals surface area contributed by atoms with Crippen molar-refractivity contribution in [1.82, 2.24) is 10.3 Å². The number of benzene rings is 1. The van der Waals surface area contributed by atoms with Crippen LogP contribution in [-0.2, 0) is 11.4 Å². The number of nitrogens with zero attached hydrogens (tertiary/aromatic N) is 1. The minimum Gasteiger partial charge on any atom is -0.484 e. The lowest BCUT2D eigenvalue weighted by atomic mass is 10.0. The van der Waals surface area contributed by atoms with Crippen molar-refractivity contribution in [3.8, 4) is 5.75 Å². The Morgan fingerprint density at radius 2 is 2.28 bits per heavy atom. The highest BCUT2D eigenvalue weighted by atomic mass is 19.1. The number of carbonyl (C=O) groups is 1. The molecule has 0 saturated carbocycles. The van der Waals surface area contributed by atoms with Gasteiger partial charge in [0.2, 0.25) is 5.91 Å². The van der Waals surface area contributed by atoms with Gasteiger partial charge in [-0.25, -0.2) is 4.39 Å². The predicted molar refractivity (Wildman–Crippen MR) is 93.8 cm³/mol. The Bertz CT molecular complexity index is 703. The zero-order chi connectivity index (χ0) is 17.5. The molecule has 2 N–H and O–H groups in total. The number of nitrogens with one attached hydrogen (secondary N) is 2. The van der Waals surface area contributed by atoms with Gasteiger partial charge in [-0.05, 0) is 56.1 Å². The monoisotopic (exact) mass is 343 g/mol. The molecule has 25 heavy (non-hydrogen) atoms. The number of carbonyl (C=O) groups excluding carboxylic acids is 1. The van der Waals surface area contributed by atoms with E-state index in [9.17, 15) is 9.18 Å². The molecule has 1 aliphatic heterocycles. The van der Waals surface area contributed by atoms with Crippen LogP contribution in [0.1, 0.15) is 25.0 Å². The second kappa shape index (κ2) is 8.58. The van der Waals surface area contributed by atoms with Crippen LogP contribution in [0.5, 0.6) is 5.75 Å². The molecular weight excluding hydrogens is 321 g/mol. The SMILES string of the molecule is O=C(CCC1CCNC1)Nc1ccc(OCc2ccccn2)c(F)c1. The molecule has 132 valence electrons. The number of aromatic nitrogens is 1. The van der Waals surface area contributed by atoms with E-state index in [1.807, 2.05) is 18.2 Å². The van der Waals surface area contributed by atoms with Gasteiger partial charge in [-0.15, -0.1) is 0 Å². The number of pyridine rings is 1. The first-order chi connectivity index (χ1) is 12.2. The van der Waals surface area contributed by atoms with E-state index in [0.29, 0.717) is 18.0 Å². The Balaban J connectivity index is 1.49. The summed E-state index contributed by atoms with van der Waals surface area (Å²) in [5, 5.41) is 6.02. The third-order valence-electron chi connectivity index (χ3n) is 4.26. The van der Waals surface area contributed by atoms with E-state index in [1.165, 1.54) is 12.1 Å². The van der Waals surface area contributed by atoms with Crippen molar-refractivity contribution < 1.29 is 13.9 Å². The molecule has 0 spiro atoms. The largest absolute Gasteiger partial charge is 0.484 e. The summed E-state index contributed by atoms with van der Waals surface area (Å²) in [4.78, 5) is 16.1. The minimum atomic E-state index is -0.506. The molecule has 6 heteroatoms. The molecule has 1 aliphatic rings. The normalized spacial score (nSPS) is 16.6. The van der Waals surface area contributed by atoms with Crippen LogP contribution in [0.2, 0.25) is 0 Å². The Morgan fingerprint density at radius 3 is 3.00 bits per heavy atom. The Morgan fingerprint density at radius 1 is 1.36 bits per heavy atom. The van der Waals surface area contributed by atoms with Gasteiger partial charge in [-0.2, -0.15) is 0 Å². The molecule has 2 aromatic rings. The number of hydrogen-bond acceptors (Lipinski definition) is 4. The number of hydrogen-bond donors (Lipinski definition) is 2. The van der Waals surface area contributed by atoms with Crippen LogP contribution in [-0.4, -0.2) is 24.0 Å². The Kier molecular flexibility index (Phi) is 5.95. The number of halogens is 1. The summed E-state index contributed by atoms with van der Waals surface area (Å²) in [6, 6.07) is 9.92. The molecule has 0 aliphatic carbocycles. The molecule has 5 nitrogen and oxygen atoms in total. The summed E-state index contributed by atoms with van der Waals surface area (Å²) in [6.45, 7) is 2.20. The zero-order valence-corrected chi connectivity index (χ0v) is 14.0. The summed E-state index contributed by atoms with van der Waals surface area (Å²) in [5.74, 6) is 0.104. The second-order valence-electron chi connectivity index (χ2n) is 6.20. The average Bonchev–Trinajstić information content (AvgIpc) is 3.14. The fourth-order valence-electron chi connectivity index (χ4n) is 2.85. The summed E-state index contributed by atoms with van der Waals surface area (Å²) < 4.78 is 19.6. The summed E-state index contributed by atoms with van der Waals surface area (Å²) in [5.41, 5.74) is 1.16. The summed E-state index contributed by atoms with van der Waals surface area (Å²) in [7, 11) is 0. The van der Waals surface area contributed by atoms with Crippen molar-refractivity contribution in [2.45, 2.75) is 25.9 Å². The van der Waals surface area contributed by atoms with E-state index < -0.39 is 5.82 Å². The van der Waals surface area contributed by atoms with E-state index in [-0.39, 0.29) is 18.3 Å². The van der Waals surface area contributed by atoms with Crippen LogP contribution >= 0.6 is 0 Å². The maximum atomic E-state index is 14.1. The third kappa shape index (κ3) is 5.26. The molecule has 1 amide bonds. The number of anilines is 1. The third-order valence-corrected chi connectivity index (χ3v) is 4.26. The van der Waals surface area contributed by atoms with Gasteiger partial charge in [0, 0.05) is 24.4 Å². The van der Waals surface area contributed by atoms with Gasteiger partial charge >= 0.3 is 0 Å². The lowest BCUT2D eigenvalue weighted by Crippen LogP contribution is -2.15. The quantitative estimate of drug-likeness (QED) is 0.811. The topological polar surface area (TPSA) is 63.2 Å².